The van der Waals surface area contributed by atoms with E-state index in [1.54, 1.807) is 12.1 Å². The van der Waals surface area contributed by atoms with Crippen LogP contribution in [0.15, 0.2) is 47.2 Å². The standard InChI is InChI=1S/C17H17N3O3/c21-13(14-5-3-9-23-14)10-18-17(22)15-12-4-1-2-8-20(12)16(19-15)11-6-7-11/h1-5,8-9,11,13,21H,6-7,10H2,(H,18,22). The van der Waals surface area contributed by atoms with Crippen molar-refractivity contribution < 1.29 is 14.3 Å². The fraction of sp³-hybridized carbons (Fsp3) is 0.294. The first-order valence-electron chi connectivity index (χ1n) is 7.70. The molecule has 1 aliphatic rings. The average molecular weight is 311 g/mol. The van der Waals surface area contributed by atoms with E-state index in [1.165, 1.54) is 6.26 Å². The molecule has 0 aromatic carbocycles. The van der Waals surface area contributed by atoms with Gasteiger partial charge in [-0.05, 0) is 37.1 Å². The van der Waals surface area contributed by atoms with Gasteiger partial charge in [-0.1, -0.05) is 6.07 Å². The van der Waals surface area contributed by atoms with Gasteiger partial charge < -0.3 is 19.2 Å². The van der Waals surface area contributed by atoms with Crippen molar-refractivity contribution in [1.29, 1.82) is 0 Å². The van der Waals surface area contributed by atoms with Crippen LogP contribution in [0.25, 0.3) is 5.52 Å². The highest BCUT2D eigenvalue weighted by Gasteiger charge is 2.30. The maximum Gasteiger partial charge on any atom is 0.272 e. The lowest BCUT2D eigenvalue weighted by Gasteiger charge is -2.08. The van der Waals surface area contributed by atoms with E-state index in [0.717, 1.165) is 24.2 Å². The summed E-state index contributed by atoms with van der Waals surface area (Å²) in [6, 6.07) is 9.08. The van der Waals surface area contributed by atoms with Crippen LogP contribution in [0.2, 0.25) is 0 Å². The molecule has 0 spiro atoms. The number of fused-ring (bicyclic) bond motifs is 1. The molecule has 0 aliphatic heterocycles. The molecule has 6 nitrogen and oxygen atoms in total. The van der Waals surface area contributed by atoms with Gasteiger partial charge in [0.05, 0.1) is 18.3 Å². The van der Waals surface area contributed by atoms with Crippen LogP contribution in [-0.2, 0) is 0 Å². The fourth-order valence-corrected chi connectivity index (χ4v) is 2.71. The Kier molecular flexibility index (Phi) is 3.38. The van der Waals surface area contributed by atoms with Crippen molar-refractivity contribution in [3.63, 3.8) is 0 Å². The molecule has 1 atom stereocenters. The third-order valence-corrected chi connectivity index (χ3v) is 4.06. The first kappa shape index (κ1) is 14.0. The Morgan fingerprint density at radius 1 is 1.39 bits per heavy atom. The minimum Gasteiger partial charge on any atom is -0.467 e. The largest absolute Gasteiger partial charge is 0.467 e. The molecule has 3 heterocycles. The summed E-state index contributed by atoms with van der Waals surface area (Å²) < 4.78 is 7.11. The molecule has 23 heavy (non-hydrogen) atoms. The predicted molar refractivity (Wildman–Crippen MR) is 83.2 cm³/mol. The van der Waals surface area contributed by atoms with Crippen molar-refractivity contribution in [2.45, 2.75) is 24.9 Å². The van der Waals surface area contributed by atoms with Crippen molar-refractivity contribution in [2.75, 3.05) is 6.54 Å². The predicted octanol–water partition coefficient (Wildman–Crippen LogP) is 2.27. The maximum atomic E-state index is 12.5. The molecule has 3 aromatic rings. The van der Waals surface area contributed by atoms with Gasteiger partial charge in [-0.3, -0.25) is 4.79 Å². The highest BCUT2D eigenvalue weighted by molar-refractivity contribution is 5.99. The zero-order valence-corrected chi connectivity index (χ0v) is 12.5. The Hall–Kier alpha value is -2.60. The number of carbonyl (C=O) groups is 1. The summed E-state index contributed by atoms with van der Waals surface area (Å²) in [5.74, 6) is 1.53. The van der Waals surface area contributed by atoms with Crippen LogP contribution in [0.4, 0.5) is 0 Å². The van der Waals surface area contributed by atoms with E-state index in [9.17, 15) is 9.90 Å². The molecule has 0 bridgehead atoms. The van der Waals surface area contributed by atoms with E-state index >= 15 is 0 Å². The SMILES string of the molecule is O=C(NCC(O)c1ccco1)c1nc(C2CC2)n2ccccc12. The number of rotatable bonds is 5. The molecule has 3 aromatic heterocycles. The Morgan fingerprint density at radius 3 is 3.00 bits per heavy atom. The summed E-state index contributed by atoms with van der Waals surface area (Å²) in [5, 5.41) is 12.7. The van der Waals surface area contributed by atoms with Crippen LogP contribution < -0.4 is 5.32 Å². The Morgan fingerprint density at radius 2 is 2.26 bits per heavy atom. The highest BCUT2D eigenvalue weighted by atomic mass is 16.4. The molecule has 2 N–H and O–H groups in total. The van der Waals surface area contributed by atoms with Crippen LogP contribution in [0.5, 0.6) is 0 Å². The highest BCUT2D eigenvalue weighted by Crippen LogP contribution is 2.39. The van der Waals surface area contributed by atoms with E-state index in [0.29, 0.717) is 17.4 Å². The summed E-state index contributed by atoms with van der Waals surface area (Å²) in [6.07, 6.45) is 4.79. The molecule has 118 valence electrons. The number of nitrogens with zero attached hydrogens (tertiary/aromatic N) is 2. The minimum absolute atomic E-state index is 0.0803. The summed E-state index contributed by atoms with van der Waals surface area (Å²) in [6.45, 7) is 0.0803. The molecule has 4 rings (SSSR count). The van der Waals surface area contributed by atoms with Crippen molar-refractivity contribution in [3.05, 3.63) is 60.1 Å². The van der Waals surface area contributed by atoms with Crippen molar-refractivity contribution in [3.8, 4) is 0 Å². The van der Waals surface area contributed by atoms with Crippen LogP contribution in [0.1, 0.15) is 46.9 Å². The molecule has 1 amide bonds. The van der Waals surface area contributed by atoms with Crippen molar-refractivity contribution in [2.24, 2.45) is 0 Å². The topological polar surface area (TPSA) is 79.8 Å². The second-order valence-corrected chi connectivity index (χ2v) is 5.79. The normalized spacial score (nSPS) is 15.7. The Bertz CT molecular complexity index is 834. The summed E-state index contributed by atoms with van der Waals surface area (Å²) in [5.41, 5.74) is 1.19. The van der Waals surface area contributed by atoms with Gasteiger partial charge in [-0.2, -0.15) is 0 Å². The molecule has 1 fully saturated rings. The first-order valence-corrected chi connectivity index (χ1v) is 7.70. The number of nitrogens with one attached hydrogen (secondary N) is 1. The number of pyridine rings is 1. The van der Waals surface area contributed by atoms with E-state index in [4.69, 9.17) is 4.42 Å². The summed E-state index contributed by atoms with van der Waals surface area (Å²) >= 11 is 0. The fourth-order valence-electron chi connectivity index (χ4n) is 2.71. The third-order valence-electron chi connectivity index (χ3n) is 4.06. The molecular formula is C17H17N3O3. The number of aliphatic hydroxyl groups is 1. The molecule has 1 aliphatic carbocycles. The lowest BCUT2D eigenvalue weighted by molar-refractivity contribution is 0.0898. The van der Waals surface area contributed by atoms with Gasteiger partial charge in [0.2, 0.25) is 0 Å². The second kappa shape index (κ2) is 5.55. The van der Waals surface area contributed by atoms with Crippen LogP contribution in [-0.4, -0.2) is 26.9 Å². The number of imidazole rings is 1. The molecule has 1 unspecified atom stereocenters. The molecule has 0 radical (unpaired) electrons. The maximum absolute atomic E-state index is 12.5. The van der Waals surface area contributed by atoms with Gasteiger partial charge in [0.25, 0.3) is 5.91 Å². The Balaban J connectivity index is 1.55. The monoisotopic (exact) mass is 311 g/mol. The third kappa shape index (κ3) is 2.61. The molecule has 6 heteroatoms. The number of furan rings is 1. The lowest BCUT2D eigenvalue weighted by atomic mass is 10.2. The smallest absolute Gasteiger partial charge is 0.272 e. The molecule has 0 saturated heterocycles. The number of hydrogen-bond acceptors (Lipinski definition) is 4. The molecular weight excluding hydrogens is 294 g/mol. The van der Waals surface area contributed by atoms with Crippen LogP contribution in [0, 0.1) is 0 Å². The van der Waals surface area contributed by atoms with Gasteiger partial charge in [-0.25, -0.2) is 4.98 Å². The van der Waals surface area contributed by atoms with E-state index < -0.39 is 6.10 Å². The van der Waals surface area contributed by atoms with Crippen molar-refractivity contribution >= 4 is 11.4 Å². The zero-order valence-electron chi connectivity index (χ0n) is 12.5. The van der Waals surface area contributed by atoms with Gasteiger partial charge in [0.15, 0.2) is 5.69 Å². The Labute approximate surface area is 132 Å². The number of carbonyl (C=O) groups excluding carboxylic acids is 1. The van der Waals surface area contributed by atoms with E-state index in [-0.39, 0.29) is 12.5 Å². The van der Waals surface area contributed by atoms with Gasteiger partial charge >= 0.3 is 0 Å². The van der Waals surface area contributed by atoms with Crippen molar-refractivity contribution in [1.82, 2.24) is 14.7 Å². The second-order valence-electron chi connectivity index (χ2n) is 5.79. The van der Waals surface area contributed by atoms with Gasteiger partial charge in [0, 0.05) is 12.1 Å². The molecule has 1 saturated carbocycles. The summed E-state index contributed by atoms with van der Waals surface area (Å²) in [7, 11) is 0. The lowest BCUT2D eigenvalue weighted by Crippen LogP contribution is -2.28. The number of amides is 1. The van der Waals surface area contributed by atoms with E-state index in [2.05, 4.69) is 10.3 Å². The zero-order chi connectivity index (χ0) is 15.8. The minimum atomic E-state index is -0.870. The number of hydrogen-bond donors (Lipinski definition) is 2. The van der Waals surface area contributed by atoms with Crippen LogP contribution in [0.3, 0.4) is 0 Å². The number of aromatic nitrogens is 2. The van der Waals surface area contributed by atoms with Gasteiger partial charge in [0.1, 0.15) is 17.7 Å². The number of aliphatic hydroxyl groups excluding tert-OH is 1. The van der Waals surface area contributed by atoms with E-state index in [1.807, 2.05) is 28.8 Å². The van der Waals surface area contributed by atoms with Gasteiger partial charge in [-0.15, -0.1) is 0 Å². The first-order chi connectivity index (χ1) is 11.2. The summed E-state index contributed by atoms with van der Waals surface area (Å²) in [4.78, 5) is 17.0. The van der Waals surface area contributed by atoms with Crippen LogP contribution >= 0.6 is 0 Å². The quantitative estimate of drug-likeness (QED) is 0.757. The average Bonchev–Trinajstić information content (AvgIpc) is 3.13.